The molecule has 28 heavy (non-hydrogen) atoms. The number of pyridine rings is 1. The van der Waals surface area contributed by atoms with Gasteiger partial charge in [0.1, 0.15) is 5.82 Å². The van der Waals surface area contributed by atoms with Crippen LogP contribution in [0.3, 0.4) is 0 Å². The van der Waals surface area contributed by atoms with Gasteiger partial charge in [0.05, 0.1) is 10.6 Å². The Labute approximate surface area is 176 Å². The van der Waals surface area contributed by atoms with Gasteiger partial charge in [0.25, 0.3) is 5.91 Å². The van der Waals surface area contributed by atoms with Gasteiger partial charge in [0, 0.05) is 48.4 Å². The molecule has 0 saturated carbocycles. The van der Waals surface area contributed by atoms with E-state index in [1.165, 1.54) is 0 Å². The maximum absolute atomic E-state index is 12.7. The number of hydrogen-bond donors (Lipinski definition) is 0. The van der Waals surface area contributed by atoms with E-state index < -0.39 is 0 Å². The molecule has 2 aromatic rings. The molecule has 6 heteroatoms. The Kier molecular flexibility index (Phi) is 6.17. The predicted octanol–water partition coefficient (Wildman–Crippen LogP) is 4.75. The number of amides is 1. The summed E-state index contributed by atoms with van der Waals surface area (Å²) in [7, 11) is 0. The summed E-state index contributed by atoms with van der Waals surface area (Å²) in [6.45, 7) is 8.88. The highest BCUT2D eigenvalue weighted by molar-refractivity contribution is 6.35. The summed E-state index contributed by atoms with van der Waals surface area (Å²) < 4.78 is 0. The van der Waals surface area contributed by atoms with E-state index in [1.807, 2.05) is 12.1 Å². The highest BCUT2D eigenvalue weighted by Crippen LogP contribution is 2.23. The Hall–Kier alpha value is -2.22. The summed E-state index contributed by atoms with van der Waals surface area (Å²) in [6, 6.07) is 8.93. The van der Waals surface area contributed by atoms with Crippen LogP contribution in [0.1, 0.15) is 36.7 Å². The van der Waals surface area contributed by atoms with Gasteiger partial charge in [-0.25, -0.2) is 4.98 Å². The Morgan fingerprint density at radius 2 is 1.79 bits per heavy atom. The second-order valence-corrected chi connectivity index (χ2v) is 8.65. The molecule has 1 aromatic heterocycles. The van der Waals surface area contributed by atoms with Gasteiger partial charge in [-0.1, -0.05) is 35.0 Å². The molecule has 1 aromatic carbocycles. The van der Waals surface area contributed by atoms with E-state index in [1.54, 1.807) is 29.3 Å². The molecular weight excluding hydrogens is 393 g/mol. The smallest absolute Gasteiger partial charge is 0.255 e. The molecule has 2 heterocycles. The van der Waals surface area contributed by atoms with Crippen molar-refractivity contribution in [3.05, 3.63) is 57.7 Å². The van der Waals surface area contributed by atoms with Crippen molar-refractivity contribution in [2.75, 3.05) is 31.1 Å². The molecule has 0 aliphatic carbocycles. The van der Waals surface area contributed by atoms with Crippen molar-refractivity contribution in [2.45, 2.75) is 20.8 Å². The minimum Gasteiger partial charge on any atom is -0.353 e. The van der Waals surface area contributed by atoms with Crippen LogP contribution in [0.5, 0.6) is 0 Å². The van der Waals surface area contributed by atoms with Crippen molar-refractivity contribution in [1.82, 2.24) is 9.88 Å². The first-order valence-electron chi connectivity index (χ1n) is 9.21. The fourth-order valence-corrected chi connectivity index (χ4v) is 3.25. The highest BCUT2D eigenvalue weighted by Gasteiger charge is 2.24. The first-order chi connectivity index (χ1) is 13.2. The van der Waals surface area contributed by atoms with Crippen LogP contribution < -0.4 is 4.90 Å². The third kappa shape index (κ3) is 5.19. The van der Waals surface area contributed by atoms with E-state index in [2.05, 4.69) is 42.5 Å². The lowest BCUT2D eigenvalue weighted by molar-refractivity contribution is 0.0746. The molecule has 0 unspecified atom stereocenters. The standard InChI is InChI=1S/C22H23Cl2N3O/c1-22(2,3)9-8-16-4-7-20(25-15-16)26-10-12-27(13-11-26)21(28)18-14-17(23)5-6-19(18)24/h4-7,14-15H,10-13H2,1-3H3. The normalized spacial score (nSPS) is 14.5. The van der Waals surface area contributed by atoms with Crippen molar-refractivity contribution < 1.29 is 4.79 Å². The van der Waals surface area contributed by atoms with E-state index in [-0.39, 0.29) is 11.3 Å². The number of hydrogen-bond acceptors (Lipinski definition) is 3. The average molecular weight is 416 g/mol. The first kappa shape index (κ1) is 20.5. The molecule has 3 rings (SSSR count). The zero-order chi connectivity index (χ0) is 20.3. The summed E-state index contributed by atoms with van der Waals surface area (Å²) in [6.07, 6.45) is 1.80. The van der Waals surface area contributed by atoms with E-state index in [9.17, 15) is 4.79 Å². The maximum atomic E-state index is 12.7. The van der Waals surface area contributed by atoms with Crippen molar-refractivity contribution >= 4 is 34.9 Å². The molecule has 1 saturated heterocycles. The fraction of sp³-hybridized carbons (Fsp3) is 0.364. The van der Waals surface area contributed by atoms with Gasteiger partial charge >= 0.3 is 0 Å². The van der Waals surface area contributed by atoms with Gasteiger partial charge in [-0.15, -0.1) is 0 Å². The van der Waals surface area contributed by atoms with Crippen LogP contribution in [0.25, 0.3) is 0 Å². The Bertz CT molecular complexity index is 916. The molecule has 1 aliphatic heterocycles. The second-order valence-electron chi connectivity index (χ2n) is 7.81. The van der Waals surface area contributed by atoms with E-state index in [4.69, 9.17) is 23.2 Å². The zero-order valence-electron chi connectivity index (χ0n) is 16.3. The molecule has 0 radical (unpaired) electrons. The van der Waals surface area contributed by atoms with Crippen molar-refractivity contribution in [3.8, 4) is 11.8 Å². The van der Waals surface area contributed by atoms with Crippen LogP contribution in [-0.2, 0) is 0 Å². The van der Waals surface area contributed by atoms with Gasteiger partial charge in [0.15, 0.2) is 0 Å². The molecule has 1 amide bonds. The Morgan fingerprint density at radius 3 is 2.39 bits per heavy atom. The lowest BCUT2D eigenvalue weighted by Crippen LogP contribution is -2.49. The molecule has 0 spiro atoms. The number of halogens is 2. The summed E-state index contributed by atoms with van der Waals surface area (Å²) in [4.78, 5) is 21.3. The minimum atomic E-state index is -0.0899. The molecule has 0 N–H and O–H groups in total. The van der Waals surface area contributed by atoms with Gasteiger partial charge in [-0.3, -0.25) is 4.79 Å². The molecular formula is C22H23Cl2N3O. The SMILES string of the molecule is CC(C)(C)C#Cc1ccc(N2CCN(C(=O)c3cc(Cl)ccc3Cl)CC2)nc1. The lowest BCUT2D eigenvalue weighted by atomic mass is 9.97. The maximum Gasteiger partial charge on any atom is 0.255 e. The first-order valence-corrected chi connectivity index (χ1v) is 9.97. The summed E-state index contributed by atoms with van der Waals surface area (Å²) in [5.74, 6) is 7.18. The predicted molar refractivity (Wildman–Crippen MR) is 115 cm³/mol. The van der Waals surface area contributed by atoms with Crippen LogP contribution >= 0.6 is 23.2 Å². The van der Waals surface area contributed by atoms with Gasteiger partial charge in [-0.05, 0) is 51.1 Å². The average Bonchev–Trinajstić information content (AvgIpc) is 2.68. The van der Waals surface area contributed by atoms with Gasteiger partial charge in [0.2, 0.25) is 0 Å². The minimum absolute atomic E-state index is 0.0343. The van der Waals surface area contributed by atoms with Crippen molar-refractivity contribution in [2.24, 2.45) is 5.41 Å². The van der Waals surface area contributed by atoms with Crippen LogP contribution in [0, 0.1) is 17.3 Å². The van der Waals surface area contributed by atoms with Gasteiger partial charge in [-0.2, -0.15) is 0 Å². The van der Waals surface area contributed by atoms with E-state index in [0.29, 0.717) is 41.8 Å². The van der Waals surface area contributed by atoms with Crippen LogP contribution in [0.15, 0.2) is 36.5 Å². The molecule has 1 fully saturated rings. The number of piperazine rings is 1. The molecule has 146 valence electrons. The number of rotatable bonds is 2. The monoisotopic (exact) mass is 415 g/mol. The van der Waals surface area contributed by atoms with Crippen LogP contribution in [0.4, 0.5) is 5.82 Å². The Morgan fingerprint density at radius 1 is 1.07 bits per heavy atom. The van der Waals surface area contributed by atoms with E-state index >= 15 is 0 Å². The second kappa shape index (κ2) is 8.43. The number of anilines is 1. The highest BCUT2D eigenvalue weighted by atomic mass is 35.5. The Balaban J connectivity index is 1.63. The van der Waals surface area contributed by atoms with E-state index in [0.717, 1.165) is 11.4 Å². The summed E-state index contributed by atoms with van der Waals surface area (Å²) in [5.41, 5.74) is 1.32. The molecule has 1 aliphatic rings. The number of nitrogens with zero attached hydrogens (tertiary/aromatic N) is 3. The quantitative estimate of drug-likeness (QED) is 0.663. The molecule has 0 atom stereocenters. The summed E-state index contributed by atoms with van der Waals surface area (Å²) in [5, 5.41) is 0.927. The van der Waals surface area contributed by atoms with Crippen LogP contribution in [-0.4, -0.2) is 42.0 Å². The van der Waals surface area contributed by atoms with Crippen LogP contribution in [0.2, 0.25) is 10.0 Å². The lowest BCUT2D eigenvalue weighted by Gasteiger charge is -2.35. The topological polar surface area (TPSA) is 36.4 Å². The number of carbonyl (C=O) groups is 1. The number of carbonyl (C=O) groups excluding carboxylic acids is 1. The number of benzene rings is 1. The molecule has 4 nitrogen and oxygen atoms in total. The fourth-order valence-electron chi connectivity index (χ4n) is 2.88. The number of aromatic nitrogens is 1. The van der Waals surface area contributed by atoms with Crippen molar-refractivity contribution in [1.29, 1.82) is 0 Å². The largest absolute Gasteiger partial charge is 0.353 e. The van der Waals surface area contributed by atoms with Gasteiger partial charge < -0.3 is 9.80 Å². The summed E-state index contributed by atoms with van der Waals surface area (Å²) >= 11 is 12.2. The molecule has 0 bridgehead atoms. The third-order valence-electron chi connectivity index (χ3n) is 4.38. The zero-order valence-corrected chi connectivity index (χ0v) is 17.8. The third-order valence-corrected chi connectivity index (χ3v) is 4.94. The van der Waals surface area contributed by atoms with Crippen molar-refractivity contribution in [3.63, 3.8) is 0 Å².